The summed E-state index contributed by atoms with van der Waals surface area (Å²) in [7, 11) is 0. The molecule has 2 aromatic rings. The molecule has 17 heavy (non-hydrogen) atoms. The first-order valence-electron chi connectivity index (χ1n) is 4.80. The van der Waals surface area contributed by atoms with E-state index < -0.39 is 11.7 Å². The van der Waals surface area contributed by atoms with Crippen LogP contribution in [0.25, 0.3) is 10.2 Å². The average molecular weight is 327 g/mol. The number of nitrogens with zero attached hydrogens (tertiary/aromatic N) is 1. The number of nitrogen functional groups attached to an aromatic ring is 1. The molecular weight excluding hydrogens is 317 g/mol. The summed E-state index contributed by atoms with van der Waals surface area (Å²) in [5.41, 5.74) is 5.18. The first kappa shape index (κ1) is 14.2. The van der Waals surface area contributed by atoms with Gasteiger partial charge >= 0.3 is 6.18 Å². The summed E-state index contributed by atoms with van der Waals surface area (Å²) in [5, 5.41) is 0.255. The Hall–Kier alpha value is -0.820. The lowest BCUT2D eigenvalue weighted by Crippen LogP contribution is -2.04. The second-order valence-electron chi connectivity index (χ2n) is 2.85. The minimum Gasteiger partial charge on any atom is -0.375 e. The molecule has 1 aromatic carbocycles. The van der Waals surface area contributed by atoms with Crippen molar-refractivity contribution in [3.05, 3.63) is 22.2 Å². The summed E-state index contributed by atoms with van der Waals surface area (Å²) in [6.07, 6.45) is -4.35. The SMILES string of the molecule is CC.Nc1nc2c(Br)cc(C(F)(F)F)cc2s1. The summed E-state index contributed by atoms with van der Waals surface area (Å²) >= 11 is 4.08. The Bertz CT molecular complexity index is 522. The third kappa shape index (κ3) is 3.10. The Balaban J connectivity index is 0.000000686. The Morgan fingerprint density at radius 2 is 1.88 bits per heavy atom. The van der Waals surface area contributed by atoms with E-state index in [1.54, 1.807) is 0 Å². The number of anilines is 1. The molecule has 0 aliphatic rings. The highest BCUT2D eigenvalue weighted by Gasteiger charge is 2.31. The van der Waals surface area contributed by atoms with Crippen LogP contribution in [0.2, 0.25) is 0 Å². The van der Waals surface area contributed by atoms with E-state index in [4.69, 9.17) is 5.73 Å². The van der Waals surface area contributed by atoms with Gasteiger partial charge in [0.15, 0.2) is 5.13 Å². The number of hydrogen-bond donors (Lipinski definition) is 1. The molecule has 7 heteroatoms. The molecule has 2 nitrogen and oxygen atoms in total. The molecule has 0 unspecified atom stereocenters. The molecule has 0 radical (unpaired) electrons. The molecule has 0 spiro atoms. The predicted octanol–water partition coefficient (Wildman–Crippen LogP) is 4.69. The number of fused-ring (bicyclic) bond motifs is 1. The molecule has 0 fully saturated rings. The van der Waals surface area contributed by atoms with Crippen LogP contribution in [0.4, 0.5) is 18.3 Å². The van der Waals surface area contributed by atoms with Gasteiger partial charge in [-0.25, -0.2) is 4.98 Å². The molecule has 0 amide bonds. The van der Waals surface area contributed by atoms with Crippen molar-refractivity contribution in [2.75, 3.05) is 5.73 Å². The number of thiazole rings is 1. The minimum absolute atomic E-state index is 0.255. The van der Waals surface area contributed by atoms with Gasteiger partial charge in [-0.05, 0) is 28.1 Å². The largest absolute Gasteiger partial charge is 0.416 e. The number of benzene rings is 1. The lowest BCUT2D eigenvalue weighted by Gasteiger charge is -2.06. The molecule has 0 aliphatic carbocycles. The smallest absolute Gasteiger partial charge is 0.375 e. The topological polar surface area (TPSA) is 38.9 Å². The third-order valence-electron chi connectivity index (χ3n) is 1.79. The van der Waals surface area contributed by atoms with Gasteiger partial charge in [0.05, 0.1) is 15.8 Å². The van der Waals surface area contributed by atoms with Crippen LogP contribution in [0, 0.1) is 0 Å². The maximum atomic E-state index is 12.4. The third-order valence-corrected chi connectivity index (χ3v) is 3.23. The second-order valence-corrected chi connectivity index (χ2v) is 4.77. The van der Waals surface area contributed by atoms with Crippen molar-refractivity contribution in [3.8, 4) is 0 Å². The van der Waals surface area contributed by atoms with E-state index in [1.807, 2.05) is 13.8 Å². The van der Waals surface area contributed by atoms with Crippen LogP contribution in [-0.4, -0.2) is 4.98 Å². The maximum Gasteiger partial charge on any atom is 0.416 e. The van der Waals surface area contributed by atoms with Gasteiger partial charge in [-0.15, -0.1) is 0 Å². The molecule has 0 saturated carbocycles. The van der Waals surface area contributed by atoms with Gasteiger partial charge in [0, 0.05) is 4.47 Å². The number of nitrogens with two attached hydrogens (primary N) is 1. The van der Waals surface area contributed by atoms with Gasteiger partial charge in [-0.1, -0.05) is 25.2 Å². The Kier molecular flexibility index (Phi) is 4.37. The molecule has 0 atom stereocenters. The van der Waals surface area contributed by atoms with Crippen molar-refractivity contribution in [2.24, 2.45) is 0 Å². The van der Waals surface area contributed by atoms with Crippen molar-refractivity contribution in [2.45, 2.75) is 20.0 Å². The average Bonchev–Trinajstić information content (AvgIpc) is 2.61. The fourth-order valence-electron chi connectivity index (χ4n) is 1.17. The summed E-state index contributed by atoms with van der Waals surface area (Å²) in [6.45, 7) is 4.00. The van der Waals surface area contributed by atoms with Gasteiger partial charge in [0.2, 0.25) is 0 Å². The van der Waals surface area contributed by atoms with Crippen LogP contribution >= 0.6 is 27.3 Å². The van der Waals surface area contributed by atoms with Crippen LogP contribution in [0.5, 0.6) is 0 Å². The number of aromatic nitrogens is 1. The van der Waals surface area contributed by atoms with E-state index >= 15 is 0 Å². The van der Waals surface area contributed by atoms with Crippen molar-refractivity contribution in [3.63, 3.8) is 0 Å². The summed E-state index contributed by atoms with van der Waals surface area (Å²) < 4.78 is 38.0. The second kappa shape index (κ2) is 5.22. The van der Waals surface area contributed by atoms with Crippen LogP contribution in [0.3, 0.4) is 0 Å². The summed E-state index contributed by atoms with van der Waals surface area (Å²) in [4.78, 5) is 3.92. The molecule has 2 rings (SSSR count). The van der Waals surface area contributed by atoms with E-state index in [2.05, 4.69) is 20.9 Å². The van der Waals surface area contributed by atoms with Gasteiger partial charge in [0.25, 0.3) is 0 Å². The molecule has 0 aliphatic heterocycles. The van der Waals surface area contributed by atoms with E-state index in [0.29, 0.717) is 14.7 Å². The first-order chi connectivity index (χ1) is 7.88. The monoisotopic (exact) mass is 326 g/mol. The molecule has 1 heterocycles. The van der Waals surface area contributed by atoms with Crippen molar-refractivity contribution in [1.82, 2.24) is 4.98 Å². The van der Waals surface area contributed by atoms with Crippen molar-refractivity contribution < 1.29 is 13.2 Å². The zero-order valence-corrected chi connectivity index (χ0v) is 11.5. The van der Waals surface area contributed by atoms with Gasteiger partial charge in [0.1, 0.15) is 0 Å². The number of halogens is 4. The standard InChI is InChI=1S/C8H4BrF3N2S.C2H6/c9-4-1-3(8(10,11)12)2-5-6(4)14-7(13)15-5;1-2/h1-2H,(H2,13,14);1-2H3. The number of hydrogen-bond acceptors (Lipinski definition) is 3. The molecule has 1 aromatic heterocycles. The fraction of sp³-hybridized carbons (Fsp3) is 0.300. The van der Waals surface area contributed by atoms with E-state index in [1.165, 1.54) is 0 Å². The maximum absolute atomic E-state index is 12.4. The van der Waals surface area contributed by atoms with Crippen molar-refractivity contribution >= 4 is 42.6 Å². The lowest BCUT2D eigenvalue weighted by atomic mass is 10.2. The minimum atomic E-state index is -4.35. The molecule has 0 bridgehead atoms. The Labute approximate surface area is 109 Å². The quantitative estimate of drug-likeness (QED) is 0.763. The fourth-order valence-corrected chi connectivity index (χ4v) is 2.65. The van der Waals surface area contributed by atoms with Gasteiger partial charge in [-0.2, -0.15) is 13.2 Å². The number of rotatable bonds is 0. The van der Waals surface area contributed by atoms with Crippen LogP contribution in [0.15, 0.2) is 16.6 Å². The van der Waals surface area contributed by atoms with E-state index in [-0.39, 0.29) is 5.13 Å². The molecule has 2 N–H and O–H groups in total. The zero-order valence-electron chi connectivity index (χ0n) is 9.10. The Morgan fingerprint density at radius 1 is 1.29 bits per heavy atom. The van der Waals surface area contributed by atoms with Crippen LogP contribution < -0.4 is 5.73 Å². The van der Waals surface area contributed by atoms with E-state index in [9.17, 15) is 13.2 Å². The molecular formula is C10H10BrF3N2S. The highest BCUT2D eigenvalue weighted by Crippen LogP contribution is 2.37. The van der Waals surface area contributed by atoms with E-state index in [0.717, 1.165) is 23.5 Å². The highest BCUT2D eigenvalue weighted by atomic mass is 79.9. The summed E-state index contributed by atoms with van der Waals surface area (Å²) in [5.74, 6) is 0. The Morgan fingerprint density at radius 3 is 2.41 bits per heavy atom. The van der Waals surface area contributed by atoms with Crippen LogP contribution in [0.1, 0.15) is 19.4 Å². The predicted molar refractivity (Wildman–Crippen MR) is 68.1 cm³/mol. The highest BCUT2D eigenvalue weighted by molar-refractivity contribution is 9.10. The van der Waals surface area contributed by atoms with Gasteiger partial charge in [-0.3, -0.25) is 0 Å². The molecule has 94 valence electrons. The van der Waals surface area contributed by atoms with Crippen molar-refractivity contribution in [1.29, 1.82) is 0 Å². The lowest BCUT2D eigenvalue weighted by molar-refractivity contribution is -0.137. The first-order valence-corrected chi connectivity index (χ1v) is 6.41. The zero-order chi connectivity index (χ0) is 13.2. The van der Waals surface area contributed by atoms with Gasteiger partial charge < -0.3 is 5.73 Å². The number of alkyl halides is 3. The normalized spacial score (nSPS) is 11.2. The van der Waals surface area contributed by atoms with Crippen LogP contribution in [-0.2, 0) is 6.18 Å². The summed E-state index contributed by atoms with van der Waals surface area (Å²) in [6, 6.07) is 2.05. The molecule has 0 saturated heterocycles.